The third-order valence-corrected chi connectivity index (χ3v) is 4.42. The Balaban J connectivity index is 2.00. The molecule has 0 aliphatic carbocycles. The monoisotopic (exact) mass is 279 g/mol. The first-order valence-electron chi connectivity index (χ1n) is 6.02. The average Bonchev–Trinajstić information content (AvgIpc) is 2.86. The molecule has 0 aliphatic heterocycles. The molecule has 2 rings (SSSR count). The van der Waals surface area contributed by atoms with Crippen LogP contribution in [0.2, 0.25) is 0 Å². The van der Waals surface area contributed by atoms with Gasteiger partial charge in [0, 0.05) is 18.3 Å². The molecule has 18 heavy (non-hydrogen) atoms. The summed E-state index contributed by atoms with van der Waals surface area (Å²) in [6.45, 7) is 5.11. The molecule has 0 aliphatic rings. The minimum absolute atomic E-state index is 0.822. The van der Waals surface area contributed by atoms with Gasteiger partial charge in [-0.15, -0.1) is 23.1 Å². The van der Waals surface area contributed by atoms with E-state index >= 15 is 0 Å². The molecule has 0 saturated carbocycles. The van der Waals surface area contributed by atoms with E-state index in [-0.39, 0.29) is 0 Å². The number of nitrogens with zero attached hydrogens (tertiary/aromatic N) is 2. The third-order valence-electron chi connectivity index (χ3n) is 2.30. The number of aryl methyl sites for hydroxylation is 1. The van der Waals surface area contributed by atoms with Crippen LogP contribution >= 0.6 is 23.1 Å². The van der Waals surface area contributed by atoms with Crippen LogP contribution in [0.1, 0.15) is 24.9 Å². The Bertz CT molecular complexity index is 483. The van der Waals surface area contributed by atoms with Crippen molar-refractivity contribution in [3.63, 3.8) is 0 Å². The van der Waals surface area contributed by atoms with Crippen molar-refractivity contribution < 1.29 is 0 Å². The van der Waals surface area contributed by atoms with Crippen molar-refractivity contribution in [3.05, 3.63) is 35.1 Å². The van der Waals surface area contributed by atoms with Gasteiger partial charge in [0.25, 0.3) is 0 Å². The van der Waals surface area contributed by atoms with E-state index in [0.29, 0.717) is 0 Å². The fourth-order valence-electron chi connectivity index (χ4n) is 1.52. The summed E-state index contributed by atoms with van der Waals surface area (Å²) in [6, 6.07) is 6.19. The summed E-state index contributed by atoms with van der Waals surface area (Å²) in [5.41, 5.74) is 1.02. The number of thiophene rings is 1. The predicted octanol–water partition coefficient (Wildman–Crippen LogP) is 3.96. The van der Waals surface area contributed by atoms with Crippen LogP contribution in [-0.4, -0.2) is 16.5 Å². The highest BCUT2D eigenvalue weighted by Crippen LogP contribution is 2.26. The number of anilines is 1. The Morgan fingerprint density at radius 1 is 1.39 bits per heavy atom. The van der Waals surface area contributed by atoms with Gasteiger partial charge in [0.15, 0.2) is 0 Å². The molecule has 0 saturated heterocycles. The molecule has 96 valence electrons. The van der Waals surface area contributed by atoms with Crippen molar-refractivity contribution >= 4 is 28.9 Å². The smallest absolute Gasteiger partial charge is 0.141 e. The van der Waals surface area contributed by atoms with E-state index in [0.717, 1.165) is 36.1 Å². The molecule has 1 N–H and O–H groups in total. The van der Waals surface area contributed by atoms with Gasteiger partial charge in [-0.25, -0.2) is 9.97 Å². The zero-order valence-electron chi connectivity index (χ0n) is 10.6. The van der Waals surface area contributed by atoms with E-state index in [9.17, 15) is 0 Å². The fraction of sp³-hybridized carbons (Fsp3) is 0.385. The predicted molar refractivity (Wildman–Crippen MR) is 79.4 cm³/mol. The lowest BCUT2D eigenvalue weighted by molar-refractivity contribution is 0.941. The maximum Gasteiger partial charge on any atom is 0.141 e. The topological polar surface area (TPSA) is 37.8 Å². The van der Waals surface area contributed by atoms with Crippen LogP contribution in [0, 0.1) is 6.92 Å². The van der Waals surface area contributed by atoms with E-state index in [1.807, 2.05) is 13.0 Å². The Kier molecular flexibility index (Phi) is 5.01. The lowest BCUT2D eigenvalue weighted by Gasteiger charge is -2.07. The van der Waals surface area contributed by atoms with Crippen molar-refractivity contribution in [2.45, 2.75) is 30.2 Å². The summed E-state index contributed by atoms with van der Waals surface area (Å²) in [7, 11) is 0. The molecular weight excluding hydrogens is 262 g/mol. The molecule has 5 heteroatoms. The first-order chi connectivity index (χ1) is 8.78. The van der Waals surface area contributed by atoms with Crippen LogP contribution in [0.25, 0.3) is 0 Å². The van der Waals surface area contributed by atoms with Crippen molar-refractivity contribution in [3.8, 4) is 0 Å². The van der Waals surface area contributed by atoms with Gasteiger partial charge >= 0.3 is 0 Å². The summed E-state index contributed by atoms with van der Waals surface area (Å²) in [5.74, 6) is 2.65. The van der Waals surface area contributed by atoms with Gasteiger partial charge in [0.05, 0.1) is 9.96 Å². The minimum Gasteiger partial charge on any atom is -0.370 e. The molecule has 0 amide bonds. The van der Waals surface area contributed by atoms with Crippen LogP contribution in [0.15, 0.2) is 27.8 Å². The Hall–Kier alpha value is -1.07. The minimum atomic E-state index is 0.822. The van der Waals surface area contributed by atoms with Gasteiger partial charge in [-0.1, -0.05) is 13.0 Å². The summed E-state index contributed by atoms with van der Waals surface area (Å²) in [6.07, 6.45) is 1.10. The molecule has 0 atom stereocenters. The second kappa shape index (κ2) is 6.75. The highest BCUT2D eigenvalue weighted by atomic mass is 32.2. The van der Waals surface area contributed by atoms with Crippen molar-refractivity contribution in [2.24, 2.45) is 0 Å². The molecule has 3 nitrogen and oxygen atoms in total. The summed E-state index contributed by atoms with van der Waals surface area (Å²) in [5, 5.41) is 5.40. The second-order valence-corrected chi connectivity index (χ2v) is 6.18. The maximum absolute atomic E-state index is 4.53. The number of aromatic nitrogens is 2. The van der Waals surface area contributed by atoms with Gasteiger partial charge < -0.3 is 5.32 Å². The van der Waals surface area contributed by atoms with Crippen LogP contribution in [-0.2, 0) is 5.75 Å². The molecule has 2 aromatic rings. The first kappa shape index (κ1) is 13.4. The Morgan fingerprint density at radius 3 is 3.00 bits per heavy atom. The van der Waals surface area contributed by atoms with Crippen LogP contribution in [0.3, 0.4) is 0 Å². The number of thioether (sulfide) groups is 1. The van der Waals surface area contributed by atoms with E-state index < -0.39 is 0 Å². The molecule has 0 fully saturated rings. The lowest BCUT2D eigenvalue weighted by atomic mass is 10.4. The van der Waals surface area contributed by atoms with Gasteiger partial charge in [0.1, 0.15) is 11.6 Å². The zero-order chi connectivity index (χ0) is 12.8. The van der Waals surface area contributed by atoms with Crippen LogP contribution in [0.4, 0.5) is 5.82 Å². The number of hydrogen-bond donors (Lipinski definition) is 1. The molecule has 0 radical (unpaired) electrons. The number of rotatable bonds is 6. The van der Waals surface area contributed by atoms with Crippen LogP contribution in [0.5, 0.6) is 0 Å². The molecule has 0 spiro atoms. The quantitative estimate of drug-likeness (QED) is 0.812. The van der Waals surface area contributed by atoms with Gasteiger partial charge in [-0.2, -0.15) is 0 Å². The highest BCUT2D eigenvalue weighted by molar-refractivity contribution is 8.00. The SMILES string of the molecule is CCCNc1cc(C)nc(CSc2cccs2)n1. The molecule has 0 aromatic carbocycles. The standard InChI is InChI=1S/C13H17N3S2/c1-3-6-14-11-8-10(2)15-12(16-11)9-18-13-5-4-7-17-13/h4-5,7-8H,3,6,9H2,1-2H3,(H,14,15,16). The largest absolute Gasteiger partial charge is 0.370 e. The summed E-state index contributed by atoms with van der Waals surface area (Å²) < 4.78 is 1.31. The molecular formula is C13H17N3S2. The highest BCUT2D eigenvalue weighted by Gasteiger charge is 2.03. The third kappa shape index (κ3) is 3.99. The van der Waals surface area contributed by atoms with Crippen molar-refractivity contribution in [1.29, 1.82) is 0 Å². The molecule has 0 unspecified atom stereocenters. The molecule has 0 bridgehead atoms. The zero-order valence-corrected chi connectivity index (χ0v) is 12.3. The molecule has 2 aromatic heterocycles. The Morgan fingerprint density at radius 2 is 2.28 bits per heavy atom. The average molecular weight is 279 g/mol. The first-order valence-corrected chi connectivity index (χ1v) is 7.89. The van der Waals surface area contributed by atoms with Crippen LogP contribution < -0.4 is 5.32 Å². The van der Waals surface area contributed by atoms with E-state index in [2.05, 4.69) is 39.7 Å². The fourth-order valence-corrected chi connectivity index (χ4v) is 3.16. The van der Waals surface area contributed by atoms with E-state index in [1.165, 1.54) is 4.21 Å². The number of hydrogen-bond acceptors (Lipinski definition) is 5. The lowest BCUT2D eigenvalue weighted by Crippen LogP contribution is -2.05. The van der Waals surface area contributed by atoms with E-state index in [1.54, 1.807) is 23.1 Å². The van der Waals surface area contributed by atoms with Gasteiger partial charge in [0.2, 0.25) is 0 Å². The number of nitrogens with one attached hydrogen (secondary N) is 1. The Labute approximate surface area is 116 Å². The second-order valence-electron chi connectivity index (χ2n) is 3.96. The van der Waals surface area contributed by atoms with Gasteiger partial charge in [-0.05, 0) is 24.8 Å². The van der Waals surface area contributed by atoms with Crippen molar-refractivity contribution in [2.75, 3.05) is 11.9 Å². The van der Waals surface area contributed by atoms with Crippen molar-refractivity contribution in [1.82, 2.24) is 9.97 Å². The normalized spacial score (nSPS) is 10.6. The molecule has 2 heterocycles. The summed E-state index contributed by atoms with van der Waals surface area (Å²) >= 11 is 3.54. The maximum atomic E-state index is 4.53. The van der Waals surface area contributed by atoms with Gasteiger partial charge in [-0.3, -0.25) is 0 Å². The summed E-state index contributed by atoms with van der Waals surface area (Å²) in [4.78, 5) is 9.01. The van der Waals surface area contributed by atoms with E-state index in [4.69, 9.17) is 0 Å².